The maximum atomic E-state index is 14.5. The molecule has 4 rings (SSSR count). The van der Waals surface area contributed by atoms with E-state index in [4.69, 9.17) is 21.2 Å². The molecule has 0 amide bonds. The summed E-state index contributed by atoms with van der Waals surface area (Å²) in [6.45, 7) is 0. The molecule has 0 saturated heterocycles. The molecule has 216 valence electrons. The van der Waals surface area contributed by atoms with Crippen molar-refractivity contribution in [2.45, 2.75) is 17.8 Å². The molecule has 41 heavy (non-hydrogen) atoms. The van der Waals surface area contributed by atoms with Gasteiger partial charge in [0.2, 0.25) is 5.41 Å². The molecule has 0 aliphatic heterocycles. The number of benzene rings is 4. The highest BCUT2D eigenvalue weighted by molar-refractivity contribution is 5.59. The van der Waals surface area contributed by atoms with E-state index in [1.807, 2.05) is 0 Å². The number of ether oxygens (including phenoxy) is 2. The highest BCUT2D eigenvalue weighted by Crippen LogP contribution is 2.56. The Morgan fingerprint density at radius 1 is 0.512 bits per heavy atom. The Morgan fingerprint density at radius 2 is 0.829 bits per heavy atom. The molecule has 0 radical (unpaired) electrons. The van der Waals surface area contributed by atoms with Crippen LogP contribution in [0.2, 0.25) is 0 Å². The van der Waals surface area contributed by atoms with E-state index >= 15 is 0 Å². The van der Waals surface area contributed by atoms with Crippen molar-refractivity contribution in [2.75, 3.05) is 10.9 Å². The monoisotopic (exact) mass is 580 g/mol. The highest BCUT2D eigenvalue weighted by atomic mass is 19.4. The van der Waals surface area contributed by atoms with Gasteiger partial charge in [-0.3, -0.25) is 11.7 Å². The summed E-state index contributed by atoms with van der Waals surface area (Å²) in [6, 6.07) is 14.3. The number of rotatable bonds is 8. The van der Waals surface area contributed by atoms with Crippen LogP contribution in [0.1, 0.15) is 11.1 Å². The quantitative estimate of drug-likeness (QED) is 0.0589. The van der Waals surface area contributed by atoms with Crippen molar-refractivity contribution in [3.8, 4) is 34.5 Å². The molecule has 4 aromatic rings. The third-order valence-corrected chi connectivity index (χ3v) is 6.14. The summed E-state index contributed by atoms with van der Waals surface area (Å²) in [4.78, 5) is 0. The molecule has 0 fully saturated rings. The van der Waals surface area contributed by atoms with Crippen LogP contribution in [0.25, 0.3) is 0 Å². The summed E-state index contributed by atoms with van der Waals surface area (Å²) in [6.07, 6.45) is -11.6. The lowest BCUT2D eigenvalue weighted by atomic mass is 9.73. The third-order valence-electron chi connectivity index (χ3n) is 6.14. The molecule has 0 aromatic heterocycles. The fourth-order valence-electron chi connectivity index (χ4n) is 4.19. The number of halogens is 6. The van der Waals surface area contributed by atoms with Gasteiger partial charge in [0, 0.05) is 12.1 Å². The standard InChI is InChI=1S/C27H22F6N4O4/c28-26(29,30)25(27(31,32)33,15-1-5-17(6-2-15)40-19-9-11-23(38)21(13-19)36-34)16-3-7-18(8-4-16)41-20-10-12-24(39)22(14-20)37-35/h1-14,36-39H,34-35H2. The second-order valence-electron chi connectivity index (χ2n) is 8.64. The Balaban J connectivity index is 1.70. The number of nitrogens with two attached hydrogens (primary N) is 2. The van der Waals surface area contributed by atoms with Crippen LogP contribution in [-0.2, 0) is 5.41 Å². The normalized spacial score (nSPS) is 12.1. The van der Waals surface area contributed by atoms with Gasteiger partial charge < -0.3 is 30.5 Å². The van der Waals surface area contributed by atoms with E-state index in [1.54, 1.807) is 0 Å². The molecular weight excluding hydrogens is 558 g/mol. The van der Waals surface area contributed by atoms with Crippen molar-refractivity contribution in [3.05, 3.63) is 96.1 Å². The lowest BCUT2D eigenvalue weighted by Gasteiger charge is -2.38. The fraction of sp³-hybridized carbons (Fsp3) is 0.111. The molecule has 0 spiro atoms. The Hall–Kier alpha value is -4.82. The number of nitrogens with one attached hydrogen (secondary N) is 2. The molecule has 0 heterocycles. The van der Waals surface area contributed by atoms with Crippen LogP contribution in [0.3, 0.4) is 0 Å². The van der Waals surface area contributed by atoms with E-state index in [-0.39, 0.29) is 45.9 Å². The van der Waals surface area contributed by atoms with Gasteiger partial charge in [0.15, 0.2) is 0 Å². The number of phenolic OH excluding ortho intramolecular Hbond substituents is 2. The second kappa shape index (κ2) is 11.0. The number of hydrogen-bond donors (Lipinski definition) is 6. The largest absolute Gasteiger partial charge is 0.506 e. The average Bonchev–Trinajstić information content (AvgIpc) is 2.91. The summed E-state index contributed by atoms with van der Waals surface area (Å²) in [5.41, 5.74) is -1.96. The SMILES string of the molecule is NNc1cc(Oc2ccc(C(c3ccc(Oc4ccc(O)c(NN)c4)cc3)(C(F)(F)F)C(F)(F)F)cc2)ccc1O. The molecule has 0 aliphatic carbocycles. The Kier molecular flexibility index (Phi) is 7.81. The average molecular weight is 580 g/mol. The van der Waals surface area contributed by atoms with Gasteiger partial charge in [0.25, 0.3) is 0 Å². The number of hydrogen-bond acceptors (Lipinski definition) is 8. The number of nitrogen functional groups attached to an aromatic ring is 2. The summed E-state index contributed by atoms with van der Waals surface area (Å²) >= 11 is 0. The molecule has 0 atom stereocenters. The minimum Gasteiger partial charge on any atom is -0.506 e. The number of anilines is 2. The molecule has 0 aliphatic rings. The van der Waals surface area contributed by atoms with Gasteiger partial charge in [-0.25, -0.2) is 0 Å². The van der Waals surface area contributed by atoms with Gasteiger partial charge in [-0.15, -0.1) is 0 Å². The molecule has 0 unspecified atom stereocenters. The van der Waals surface area contributed by atoms with Crippen LogP contribution in [-0.4, -0.2) is 22.6 Å². The van der Waals surface area contributed by atoms with E-state index in [1.165, 1.54) is 36.4 Å². The van der Waals surface area contributed by atoms with E-state index in [0.717, 1.165) is 24.3 Å². The molecule has 14 heteroatoms. The Labute approximate surface area is 228 Å². The van der Waals surface area contributed by atoms with Crippen LogP contribution >= 0.6 is 0 Å². The second-order valence-corrected chi connectivity index (χ2v) is 8.64. The summed E-state index contributed by atoms with van der Waals surface area (Å²) < 4.78 is 98.1. The van der Waals surface area contributed by atoms with Crippen molar-refractivity contribution in [3.63, 3.8) is 0 Å². The predicted octanol–water partition coefficient (Wildman–Crippen LogP) is 6.66. The lowest BCUT2D eigenvalue weighted by Crippen LogP contribution is -2.54. The smallest absolute Gasteiger partial charge is 0.411 e. The zero-order chi connectivity index (χ0) is 30.0. The molecule has 0 saturated carbocycles. The molecule has 8 N–H and O–H groups in total. The van der Waals surface area contributed by atoms with Crippen LogP contribution < -0.4 is 32.0 Å². The first-order valence-corrected chi connectivity index (χ1v) is 11.6. The minimum atomic E-state index is -5.80. The zero-order valence-corrected chi connectivity index (χ0v) is 20.7. The van der Waals surface area contributed by atoms with Gasteiger partial charge in [-0.05, 0) is 59.7 Å². The van der Waals surface area contributed by atoms with Crippen molar-refractivity contribution in [1.82, 2.24) is 0 Å². The first-order valence-electron chi connectivity index (χ1n) is 11.6. The topological polar surface area (TPSA) is 135 Å². The number of aromatic hydroxyl groups is 2. The van der Waals surface area contributed by atoms with E-state index in [9.17, 15) is 36.6 Å². The number of hydrazine groups is 2. The van der Waals surface area contributed by atoms with Gasteiger partial charge in [0.05, 0.1) is 11.4 Å². The first-order chi connectivity index (χ1) is 19.3. The summed E-state index contributed by atoms with van der Waals surface area (Å²) in [5.74, 6) is 10.2. The zero-order valence-electron chi connectivity index (χ0n) is 20.7. The highest BCUT2D eigenvalue weighted by Gasteiger charge is 2.72. The predicted molar refractivity (Wildman–Crippen MR) is 138 cm³/mol. The van der Waals surface area contributed by atoms with Crippen LogP contribution in [0, 0.1) is 0 Å². The molecule has 4 aromatic carbocycles. The van der Waals surface area contributed by atoms with E-state index in [0.29, 0.717) is 24.3 Å². The van der Waals surface area contributed by atoms with E-state index in [2.05, 4.69) is 10.9 Å². The van der Waals surface area contributed by atoms with E-state index < -0.39 is 28.9 Å². The summed E-state index contributed by atoms with van der Waals surface area (Å²) in [7, 11) is 0. The van der Waals surface area contributed by atoms with Crippen molar-refractivity contribution < 1.29 is 46.0 Å². The van der Waals surface area contributed by atoms with Gasteiger partial charge in [-0.1, -0.05) is 24.3 Å². The van der Waals surface area contributed by atoms with Crippen LogP contribution in [0.5, 0.6) is 34.5 Å². The summed E-state index contributed by atoms with van der Waals surface area (Å²) in [5, 5.41) is 19.3. The van der Waals surface area contributed by atoms with Gasteiger partial charge in [-0.2, -0.15) is 26.3 Å². The van der Waals surface area contributed by atoms with Crippen molar-refractivity contribution in [1.29, 1.82) is 0 Å². The van der Waals surface area contributed by atoms with Crippen molar-refractivity contribution in [2.24, 2.45) is 11.7 Å². The Bertz CT molecular complexity index is 1400. The van der Waals surface area contributed by atoms with Crippen LogP contribution in [0.15, 0.2) is 84.9 Å². The fourth-order valence-corrected chi connectivity index (χ4v) is 4.19. The maximum absolute atomic E-state index is 14.5. The van der Waals surface area contributed by atoms with Gasteiger partial charge >= 0.3 is 12.4 Å². The number of phenols is 2. The first kappa shape index (κ1) is 29.2. The minimum absolute atomic E-state index is 0.0651. The maximum Gasteiger partial charge on any atom is 0.411 e. The molecule has 0 bridgehead atoms. The molecular formula is C27H22F6N4O4. The van der Waals surface area contributed by atoms with Gasteiger partial charge in [0.1, 0.15) is 34.5 Å². The van der Waals surface area contributed by atoms with Crippen LogP contribution in [0.4, 0.5) is 37.7 Å². The third kappa shape index (κ3) is 5.60. The Morgan fingerprint density at radius 3 is 1.12 bits per heavy atom. The van der Waals surface area contributed by atoms with Crippen molar-refractivity contribution >= 4 is 11.4 Å². The lowest BCUT2D eigenvalue weighted by molar-refractivity contribution is -0.288. The number of alkyl halides is 6. The molecule has 8 nitrogen and oxygen atoms in total.